The van der Waals surface area contributed by atoms with Crippen molar-refractivity contribution < 1.29 is 24.2 Å². The molecule has 182 valence electrons. The van der Waals surface area contributed by atoms with Gasteiger partial charge in [-0.05, 0) is 69.0 Å². The van der Waals surface area contributed by atoms with E-state index in [4.69, 9.17) is 4.74 Å². The van der Waals surface area contributed by atoms with Crippen LogP contribution in [-0.4, -0.2) is 52.5 Å². The number of nitrogens with one attached hydrogen (secondary N) is 1. The van der Waals surface area contributed by atoms with Crippen molar-refractivity contribution in [1.29, 1.82) is 0 Å². The Bertz CT molecular complexity index is 1220. The molecule has 0 aliphatic carbocycles. The number of carbonyl (C=O) groups is 3. The third-order valence-electron chi connectivity index (χ3n) is 5.75. The molecule has 35 heavy (non-hydrogen) atoms. The molecule has 2 aromatic carbocycles. The summed E-state index contributed by atoms with van der Waals surface area (Å²) in [4.78, 5) is 43.1. The summed E-state index contributed by atoms with van der Waals surface area (Å²) in [5.74, 6) is -0.848. The van der Waals surface area contributed by atoms with Crippen molar-refractivity contribution in [2.45, 2.75) is 45.6 Å². The average Bonchev–Trinajstić information content (AvgIpc) is 3.26. The molecule has 2 aliphatic rings. The van der Waals surface area contributed by atoms with Crippen molar-refractivity contribution in [2.75, 3.05) is 13.1 Å². The van der Waals surface area contributed by atoms with Crippen molar-refractivity contribution in [3.05, 3.63) is 59.2 Å². The van der Waals surface area contributed by atoms with Gasteiger partial charge in [0.15, 0.2) is 0 Å². The molecule has 1 saturated heterocycles. The number of amidine groups is 1. The Balaban J connectivity index is 1.62. The van der Waals surface area contributed by atoms with Gasteiger partial charge in [0.2, 0.25) is 0 Å². The van der Waals surface area contributed by atoms with E-state index in [1.807, 2.05) is 41.3 Å². The van der Waals surface area contributed by atoms with Crippen molar-refractivity contribution in [3.63, 3.8) is 0 Å². The minimum Gasteiger partial charge on any atom is -0.478 e. The van der Waals surface area contributed by atoms with Crippen LogP contribution < -0.4 is 5.32 Å². The zero-order chi connectivity index (χ0) is 25.2. The van der Waals surface area contributed by atoms with Gasteiger partial charge < -0.3 is 14.7 Å². The molecule has 8 nitrogen and oxygen atoms in total. The molecule has 8 heteroatoms. The second-order valence-electron chi connectivity index (χ2n) is 9.69. The molecule has 2 heterocycles. The van der Waals surface area contributed by atoms with Crippen LogP contribution in [0.15, 0.2) is 53.0 Å². The van der Waals surface area contributed by atoms with E-state index >= 15 is 0 Å². The molecule has 4 rings (SSSR count). The number of carbonyl (C=O) groups excluding carboxylic acids is 2. The third-order valence-corrected chi connectivity index (χ3v) is 5.75. The van der Waals surface area contributed by atoms with Gasteiger partial charge in [-0.2, -0.15) is 0 Å². The van der Waals surface area contributed by atoms with Crippen LogP contribution in [-0.2, 0) is 9.53 Å². The number of benzene rings is 2. The molecule has 0 bridgehead atoms. The van der Waals surface area contributed by atoms with Crippen LogP contribution in [0.4, 0.5) is 10.5 Å². The van der Waals surface area contributed by atoms with Crippen LogP contribution in [0.1, 0.15) is 56.0 Å². The second kappa shape index (κ2) is 9.74. The molecule has 0 atom stereocenters. The highest BCUT2D eigenvalue weighted by Gasteiger charge is 2.22. The lowest BCUT2D eigenvalue weighted by Crippen LogP contribution is -2.36. The summed E-state index contributed by atoms with van der Waals surface area (Å²) in [6, 6.07) is 13.0. The maximum absolute atomic E-state index is 12.6. The molecule has 0 unspecified atom stereocenters. The summed E-state index contributed by atoms with van der Waals surface area (Å²) >= 11 is 0. The Hall–Kier alpha value is -3.94. The van der Waals surface area contributed by atoms with Gasteiger partial charge in [-0.3, -0.25) is 10.1 Å². The van der Waals surface area contributed by atoms with Crippen LogP contribution >= 0.6 is 0 Å². The first-order valence-corrected chi connectivity index (χ1v) is 11.6. The normalized spacial score (nSPS) is 15.5. The van der Waals surface area contributed by atoms with E-state index in [-0.39, 0.29) is 23.7 Å². The summed E-state index contributed by atoms with van der Waals surface area (Å²) in [6.07, 6.45) is 2.90. The molecular weight excluding hydrogens is 446 g/mol. The standard InChI is InChI=1S/C27H29N3O5/c1-27(2,3)35-26(34)29-23-16-21(25(32)33)14-20-11-10-19(15-22(20)28-23)17-6-8-18(9-7-17)24(31)30-12-4-5-13-30/h6-11,14-15H,4-5,12-13,16H2,1-3H3,(H,32,33)(H,28,29,34). The van der Waals surface area contributed by atoms with Crippen molar-refractivity contribution in [1.82, 2.24) is 10.2 Å². The van der Waals surface area contributed by atoms with E-state index in [0.29, 0.717) is 16.8 Å². The maximum Gasteiger partial charge on any atom is 0.413 e. The highest BCUT2D eigenvalue weighted by molar-refractivity contribution is 6.06. The van der Waals surface area contributed by atoms with E-state index < -0.39 is 17.7 Å². The van der Waals surface area contributed by atoms with E-state index in [9.17, 15) is 19.5 Å². The molecule has 2 aromatic rings. The number of nitrogens with zero attached hydrogens (tertiary/aromatic N) is 2. The highest BCUT2D eigenvalue weighted by Crippen LogP contribution is 2.32. The minimum absolute atomic E-state index is 0.0461. The number of rotatable bonds is 3. The number of fused-ring (bicyclic) bond motifs is 1. The van der Waals surface area contributed by atoms with Gasteiger partial charge in [0, 0.05) is 36.2 Å². The van der Waals surface area contributed by atoms with E-state index in [0.717, 1.165) is 37.1 Å². The number of hydrogen-bond acceptors (Lipinski definition) is 5. The van der Waals surface area contributed by atoms with Gasteiger partial charge in [0.25, 0.3) is 5.91 Å². The van der Waals surface area contributed by atoms with Crippen molar-refractivity contribution in [2.24, 2.45) is 4.99 Å². The lowest BCUT2D eigenvalue weighted by atomic mass is 10.00. The van der Waals surface area contributed by atoms with Gasteiger partial charge in [-0.25, -0.2) is 14.6 Å². The topological polar surface area (TPSA) is 108 Å². The SMILES string of the molecule is CC(C)(C)OC(=O)NC1=Nc2cc(-c3ccc(C(=O)N4CCCC4)cc3)ccc2C=C(C(=O)O)C1. The van der Waals surface area contributed by atoms with Gasteiger partial charge in [-0.15, -0.1) is 0 Å². The quantitative estimate of drug-likeness (QED) is 0.648. The predicted molar refractivity (Wildman–Crippen MR) is 134 cm³/mol. The number of alkyl carbamates (subject to hydrolysis) is 1. The number of likely N-dealkylation sites (tertiary alicyclic amines) is 1. The number of aliphatic imine (C=N–C) groups is 1. The highest BCUT2D eigenvalue weighted by atomic mass is 16.6. The first-order chi connectivity index (χ1) is 16.6. The van der Waals surface area contributed by atoms with E-state index in [1.54, 1.807) is 32.9 Å². The number of amides is 2. The number of carboxylic acids is 1. The largest absolute Gasteiger partial charge is 0.478 e. The molecule has 1 fully saturated rings. The van der Waals surface area contributed by atoms with Gasteiger partial charge in [0.1, 0.15) is 11.4 Å². The van der Waals surface area contributed by atoms with Crippen LogP contribution in [0.25, 0.3) is 17.2 Å². The second-order valence-corrected chi connectivity index (χ2v) is 9.69. The summed E-state index contributed by atoms with van der Waals surface area (Å²) < 4.78 is 5.30. The molecule has 2 N–H and O–H groups in total. The van der Waals surface area contributed by atoms with Crippen LogP contribution in [0.3, 0.4) is 0 Å². The van der Waals surface area contributed by atoms with Crippen LogP contribution in [0.5, 0.6) is 0 Å². The molecule has 0 saturated carbocycles. The summed E-state index contributed by atoms with van der Waals surface area (Å²) in [7, 11) is 0. The Morgan fingerprint density at radius 2 is 1.66 bits per heavy atom. The zero-order valence-corrected chi connectivity index (χ0v) is 20.1. The number of ether oxygens (including phenoxy) is 1. The van der Waals surface area contributed by atoms with Crippen molar-refractivity contribution in [3.8, 4) is 11.1 Å². The molecule has 2 amide bonds. The van der Waals surface area contributed by atoms with Crippen molar-refractivity contribution >= 4 is 35.6 Å². The average molecular weight is 476 g/mol. The Morgan fingerprint density at radius 3 is 2.29 bits per heavy atom. The lowest BCUT2D eigenvalue weighted by Gasteiger charge is -2.20. The maximum atomic E-state index is 12.6. The van der Waals surface area contributed by atoms with Gasteiger partial charge >= 0.3 is 12.1 Å². The molecule has 2 aliphatic heterocycles. The fourth-order valence-electron chi connectivity index (χ4n) is 4.09. The fourth-order valence-corrected chi connectivity index (χ4v) is 4.09. The molecule has 0 spiro atoms. The lowest BCUT2D eigenvalue weighted by molar-refractivity contribution is -0.132. The third kappa shape index (κ3) is 5.95. The fraction of sp³-hybridized carbons (Fsp3) is 0.333. The Morgan fingerprint density at radius 1 is 1.00 bits per heavy atom. The van der Waals surface area contributed by atoms with E-state index in [2.05, 4.69) is 10.3 Å². The number of aliphatic carboxylic acids is 1. The zero-order valence-electron chi connectivity index (χ0n) is 20.1. The van der Waals surface area contributed by atoms with Crippen LogP contribution in [0.2, 0.25) is 0 Å². The first kappa shape index (κ1) is 24.2. The van der Waals surface area contributed by atoms with Gasteiger partial charge in [0.05, 0.1) is 5.69 Å². The predicted octanol–water partition coefficient (Wildman–Crippen LogP) is 5.02. The summed E-state index contributed by atoms with van der Waals surface area (Å²) in [5, 5.41) is 12.2. The smallest absolute Gasteiger partial charge is 0.413 e. The van der Waals surface area contributed by atoms with E-state index in [1.165, 1.54) is 0 Å². The molecule has 0 radical (unpaired) electrons. The molecular formula is C27H29N3O5. The molecule has 0 aromatic heterocycles. The first-order valence-electron chi connectivity index (χ1n) is 11.6. The Labute approximate surface area is 204 Å². The van der Waals surface area contributed by atoms with Gasteiger partial charge in [-0.1, -0.05) is 24.3 Å². The summed E-state index contributed by atoms with van der Waals surface area (Å²) in [5.41, 5.74) is 2.98. The monoisotopic (exact) mass is 475 g/mol. The van der Waals surface area contributed by atoms with Crippen LogP contribution in [0, 0.1) is 0 Å². The minimum atomic E-state index is -1.08. The number of hydrogen-bond donors (Lipinski definition) is 2. The Kier molecular flexibility index (Phi) is 6.73. The summed E-state index contributed by atoms with van der Waals surface area (Å²) in [6.45, 7) is 6.84. The number of carboxylic acid groups (broad SMARTS) is 1.